The lowest BCUT2D eigenvalue weighted by Crippen LogP contribution is -2.31. The highest BCUT2D eigenvalue weighted by molar-refractivity contribution is 6.09. The number of hydrogen-bond acceptors (Lipinski definition) is 6. The van der Waals surface area contributed by atoms with Crippen molar-refractivity contribution < 1.29 is 19.0 Å². The molecule has 328 valence electrons. The van der Waals surface area contributed by atoms with Gasteiger partial charge in [-0.15, -0.1) is 0 Å². The molecule has 6 heteroatoms. The van der Waals surface area contributed by atoms with Crippen molar-refractivity contribution in [3.05, 3.63) is 193 Å². The van der Waals surface area contributed by atoms with Gasteiger partial charge in [0.1, 0.15) is 34.2 Å². The molecule has 0 amide bonds. The van der Waals surface area contributed by atoms with Gasteiger partial charge >= 0.3 is 0 Å². The first-order chi connectivity index (χ1) is 31.1. The Kier molecular flexibility index (Phi) is 14.9. The van der Waals surface area contributed by atoms with Gasteiger partial charge in [-0.25, -0.2) is 0 Å². The lowest BCUT2D eigenvalue weighted by atomic mass is 9.95. The van der Waals surface area contributed by atoms with E-state index in [0.717, 1.165) is 77.7 Å². The van der Waals surface area contributed by atoms with Crippen LogP contribution in [0.15, 0.2) is 182 Å². The van der Waals surface area contributed by atoms with Crippen LogP contribution >= 0.6 is 0 Å². The third-order valence-electron chi connectivity index (χ3n) is 12.3. The van der Waals surface area contributed by atoms with Gasteiger partial charge in [0.05, 0.1) is 0 Å². The molecule has 0 fully saturated rings. The molecular weight excluding hydrogens is 789 g/mol. The molecule has 0 N–H and O–H groups in total. The van der Waals surface area contributed by atoms with Crippen molar-refractivity contribution in [2.45, 2.75) is 97.7 Å². The second kappa shape index (κ2) is 21.1. The molecule has 0 radical (unpaired) electrons. The smallest absolute Gasteiger partial charge is 0.193 e. The number of ether oxygens (including phenoxy) is 3. The normalized spacial score (nSPS) is 12.2. The molecule has 1 atom stereocenters. The average Bonchev–Trinajstić information content (AvgIpc) is 3.34. The number of para-hydroxylation sites is 2. The second-order valence-corrected chi connectivity index (χ2v) is 16.9. The van der Waals surface area contributed by atoms with Crippen LogP contribution in [0.4, 0.5) is 34.1 Å². The maximum absolute atomic E-state index is 13.4. The Bertz CT molecular complexity index is 2500. The summed E-state index contributed by atoms with van der Waals surface area (Å²) in [5.41, 5.74) is 7.00. The van der Waals surface area contributed by atoms with E-state index in [4.69, 9.17) is 14.2 Å². The molecule has 0 aliphatic carbocycles. The molecule has 1 unspecified atom stereocenters. The van der Waals surface area contributed by atoms with E-state index in [1.807, 2.05) is 72.8 Å². The van der Waals surface area contributed by atoms with Gasteiger partial charge in [0.2, 0.25) is 0 Å². The summed E-state index contributed by atoms with van der Waals surface area (Å²) in [5, 5.41) is 0. The lowest BCUT2D eigenvalue weighted by Gasteiger charge is -2.30. The van der Waals surface area contributed by atoms with Crippen molar-refractivity contribution in [3.63, 3.8) is 0 Å². The monoisotopic (exact) mass is 850 g/mol. The fourth-order valence-corrected chi connectivity index (χ4v) is 7.79. The first kappa shape index (κ1) is 45.2. The quantitative estimate of drug-likeness (QED) is 0.0530. The van der Waals surface area contributed by atoms with E-state index in [2.05, 4.69) is 161 Å². The minimum atomic E-state index is -0.215. The Morgan fingerprint density at radius 3 is 1.12 bits per heavy atom. The van der Waals surface area contributed by atoms with Crippen LogP contribution < -0.4 is 24.0 Å². The number of carbonyl (C=O) groups excluding carboxylic acids is 1. The molecule has 0 saturated carbocycles. The summed E-state index contributed by atoms with van der Waals surface area (Å²) in [6, 6.07) is 60.8. The molecule has 0 heterocycles. The molecule has 0 aromatic heterocycles. The minimum absolute atomic E-state index is 0.0448. The molecule has 64 heavy (non-hydrogen) atoms. The van der Waals surface area contributed by atoms with Crippen LogP contribution in [0.3, 0.4) is 0 Å². The molecule has 7 aromatic carbocycles. The standard InChI is InChI=1S/C58H62N2O4/c1-7-11-18-43-58(6,10-4)64-54-37-25-45(26-38-54)56(61)44-23-35-52(36-24-44)62-53-39-31-50(32-40-53)59(46-19-14-12-15-20-46)48-27-29-49(30-28-48)60(47-21-16-13-17-22-47)51-33-41-55(42-34-51)63-57(5,8-2)9-3/h12-17,19-42H,7-11,18,43H2,1-6H3. The van der Waals surface area contributed by atoms with Crippen molar-refractivity contribution in [3.8, 4) is 23.0 Å². The highest BCUT2D eigenvalue weighted by Crippen LogP contribution is 2.40. The van der Waals surface area contributed by atoms with Crippen molar-refractivity contribution in [2.24, 2.45) is 0 Å². The summed E-state index contributed by atoms with van der Waals surface area (Å²) < 4.78 is 19.1. The van der Waals surface area contributed by atoms with Crippen molar-refractivity contribution in [2.75, 3.05) is 9.80 Å². The summed E-state index contributed by atoms with van der Waals surface area (Å²) in [7, 11) is 0. The summed E-state index contributed by atoms with van der Waals surface area (Å²) >= 11 is 0. The lowest BCUT2D eigenvalue weighted by molar-refractivity contribution is 0.0720. The zero-order valence-electron chi connectivity index (χ0n) is 38.3. The Morgan fingerprint density at radius 1 is 0.406 bits per heavy atom. The fourth-order valence-electron chi connectivity index (χ4n) is 7.79. The number of hydrogen-bond donors (Lipinski definition) is 0. The molecular formula is C58H62N2O4. The van der Waals surface area contributed by atoms with E-state index in [0.29, 0.717) is 22.6 Å². The summed E-state index contributed by atoms with van der Waals surface area (Å²) in [4.78, 5) is 17.9. The van der Waals surface area contributed by atoms with Gasteiger partial charge in [-0.2, -0.15) is 0 Å². The van der Waals surface area contributed by atoms with Gasteiger partial charge in [-0.05, 0) is 192 Å². The fraction of sp³-hybridized carbons (Fsp3) is 0.259. The summed E-state index contributed by atoms with van der Waals surface area (Å²) in [6.45, 7) is 13.1. The van der Waals surface area contributed by atoms with E-state index in [9.17, 15) is 4.79 Å². The molecule has 0 saturated heterocycles. The van der Waals surface area contributed by atoms with E-state index >= 15 is 0 Å². The van der Waals surface area contributed by atoms with E-state index in [1.54, 1.807) is 0 Å². The van der Waals surface area contributed by atoms with E-state index in [-0.39, 0.29) is 17.0 Å². The van der Waals surface area contributed by atoms with Gasteiger partial charge < -0.3 is 24.0 Å². The largest absolute Gasteiger partial charge is 0.488 e. The van der Waals surface area contributed by atoms with Gasteiger partial charge in [-0.3, -0.25) is 4.79 Å². The zero-order valence-corrected chi connectivity index (χ0v) is 38.3. The molecule has 7 rings (SSSR count). The maximum atomic E-state index is 13.4. The SMILES string of the molecule is CCCCCC(C)(CC)Oc1ccc(C(=O)c2ccc(Oc3ccc(N(c4ccccc4)c4ccc(N(c5ccccc5)c5ccc(OC(C)(CC)CC)cc5)cc4)cc3)cc2)cc1. The number of nitrogens with zero attached hydrogens (tertiary/aromatic N) is 2. The predicted molar refractivity (Wildman–Crippen MR) is 265 cm³/mol. The first-order valence-corrected chi connectivity index (χ1v) is 22.9. The summed E-state index contributed by atoms with van der Waals surface area (Å²) in [5.74, 6) is 2.96. The third-order valence-corrected chi connectivity index (χ3v) is 12.3. The highest BCUT2D eigenvalue weighted by Gasteiger charge is 2.25. The Morgan fingerprint density at radius 2 is 0.734 bits per heavy atom. The highest BCUT2D eigenvalue weighted by atomic mass is 16.5. The van der Waals surface area contributed by atoms with Gasteiger partial charge in [0, 0.05) is 45.3 Å². The number of unbranched alkanes of at least 4 members (excludes halogenated alkanes) is 2. The Hall–Kier alpha value is -6.79. The first-order valence-electron chi connectivity index (χ1n) is 22.9. The molecule has 6 nitrogen and oxygen atoms in total. The Balaban J connectivity index is 1.05. The topological polar surface area (TPSA) is 51.2 Å². The zero-order chi connectivity index (χ0) is 44.9. The summed E-state index contributed by atoms with van der Waals surface area (Å²) in [6.07, 6.45) is 7.36. The predicted octanol–water partition coefficient (Wildman–Crippen LogP) is 16.7. The van der Waals surface area contributed by atoms with E-state index in [1.165, 1.54) is 12.8 Å². The molecule has 0 aliphatic heterocycles. The second-order valence-electron chi connectivity index (χ2n) is 16.9. The molecule has 0 bridgehead atoms. The van der Waals surface area contributed by atoms with Crippen LogP contribution in [0, 0.1) is 0 Å². The van der Waals surface area contributed by atoms with Gasteiger partial charge in [0.15, 0.2) is 5.78 Å². The third kappa shape index (κ3) is 11.2. The molecule has 0 aliphatic rings. The Labute approximate surface area is 381 Å². The van der Waals surface area contributed by atoms with Crippen molar-refractivity contribution in [1.82, 2.24) is 0 Å². The van der Waals surface area contributed by atoms with Crippen LogP contribution in [0.25, 0.3) is 0 Å². The van der Waals surface area contributed by atoms with E-state index < -0.39 is 0 Å². The van der Waals surface area contributed by atoms with Crippen molar-refractivity contribution >= 4 is 39.9 Å². The number of benzene rings is 7. The average molecular weight is 851 g/mol. The van der Waals surface area contributed by atoms with Crippen LogP contribution in [-0.2, 0) is 0 Å². The van der Waals surface area contributed by atoms with Gasteiger partial charge in [-0.1, -0.05) is 76.9 Å². The van der Waals surface area contributed by atoms with Crippen LogP contribution in [0.5, 0.6) is 23.0 Å². The number of carbonyl (C=O) groups is 1. The van der Waals surface area contributed by atoms with Crippen LogP contribution in [0.2, 0.25) is 0 Å². The molecule has 7 aromatic rings. The van der Waals surface area contributed by atoms with Crippen LogP contribution in [0.1, 0.15) is 102 Å². The van der Waals surface area contributed by atoms with Crippen LogP contribution in [-0.4, -0.2) is 17.0 Å². The molecule has 0 spiro atoms. The minimum Gasteiger partial charge on any atom is -0.488 e. The number of rotatable bonds is 21. The van der Waals surface area contributed by atoms with Gasteiger partial charge in [0.25, 0.3) is 0 Å². The van der Waals surface area contributed by atoms with Crippen molar-refractivity contribution in [1.29, 1.82) is 0 Å². The maximum Gasteiger partial charge on any atom is 0.193 e. The number of anilines is 6. The number of ketones is 1.